The first-order chi connectivity index (χ1) is 12.4. The van der Waals surface area contributed by atoms with Crippen LogP contribution in [0.3, 0.4) is 0 Å². The number of nitrogens with one attached hydrogen (secondary N) is 2. The van der Waals surface area contributed by atoms with Crippen LogP contribution < -0.4 is 10.6 Å². The summed E-state index contributed by atoms with van der Waals surface area (Å²) in [6.07, 6.45) is 9.02. The molecule has 0 spiro atoms. The first-order valence-electron chi connectivity index (χ1n) is 9.94. The zero-order chi connectivity index (χ0) is 17.4. The lowest BCUT2D eigenvalue weighted by Crippen LogP contribution is -2.17. The van der Waals surface area contributed by atoms with Gasteiger partial charge in [-0.05, 0) is 62.9 Å². The summed E-state index contributed by atoms with van der Waals surface area (Å²) in [6, 6.07) is 21.4. The molecule has 0 amide bonds. The molecule has 0 heterocycles. The van der Waals surface area contributed by atoms with Gasteiger partial charge in [-0.3, -0.25) is 0 Å². The highest BCUT2D eigenvalue weighted by atomic mass is 14.8. The minimum Gasteiger partial charge on any atom is -0.317 e. The molecule has 2 rings (SSSR count). The summed E-state index contributed by atoms with van der Waals surface area (Å²) < 4.78 is 0. The first kappa shape index (κ1) is 19.7. The van der Waals surface area contributed by atoms with Crippen LogP contribution in [0.2, 0.25) is 0 Å². The quantitative estimate of drug-likeness (QED) is 0.476. The van der Waals surface area contributed by atoms with Crippen LogP contribution in [-0.2, 0) is 13.0 Å². The van der Waals surface area contributed by atoms with Gasteiger partial charge in [0, 0.05) is 6.54 Å². The summed E-state index contributed by atoms with van der Waals surface area (Å²) in [7, 11) is 0. The van der Waals surface area contributed by atoms with Crippen molar-refractivity contribution in [2.24, 2.45) is 0 Å². The van der Waals surface area contributed by atoms with E-state index in [1.54, 1.807) is 0 Å². The molecule has 0 saturated carbocycles. The standard InChI is InChI=1S/C23H34N2/c1(2-11-20-25-21-23-16-7-4-8-17-23)10-18-24-19-12-9-15-22-13-5-3-6-14-22/h3-8,13-14,16-17,24-25H,1-2,9-12,15,18-21H2. The molecule has 0 atom stereocenters. The Bertz CT molecular complexity index is 475. The number of hydrogen-bond acceptors (Lipinski definition) is 2. The normalized spacial score (nSPS) is 10.9. The SMILES string of the molecule is c1ccc(CCCCNCCCCCCNCc2ccccc2)cc1. The molecule has 2 aromatic rings. The van der Waals surface area contributed by atoms with Gasteiger partial charge in [0.25, 0.3) is 0 Å². The number of hydrogen-bond donors (Lipinski definition) is 2. The number of aryl methyl sites for hydroxylation is 1. The first-order valence-corrected chi connectivity index (χ1v) is 9.94. The van der Waals surface area contributed by atoms with Crippen molar-refractivity contribution in [2.45, 2.75) is 51.5 Å². The Morgan fingerprint density at radius 3 is 1.64 bits per heavy atom. The van der Waals surface area contributed by atoms with Crippen LogP contribution in [0.1, 0.15) is 49.7 Å². The molecule has 0 aliphatic heterocycles. The summed E-state index contributed by atoms with van der Waals surface area (Å²) in [5.74, 6) is 0. The molecule has 0 aliphatic carbocycles. The summed E-state index contributed by atoms with van der Waals surface area (Å²) in [6.45, 7) is 4.45. The Balaban J connectivity index is 1.30. The minimum atomic E-state index is 0.991. The topological polar surface area (TPSA) is 24.1 Å². The molecular formula is C23H34N2. The van der Waals surface area contributed by atoms with Crippen LogP contribution in [0.25, 0.3) is 0 Å². The second-order valence-corrected chi connectivity index (χ2v) is 6.77. The molecule has 2 heteroatoms. The van der Waals surface area contributed by atoms with Gasteiger partial charge < -0.3 is 10.6 Å². The van der Waals surface area contributed by atoms with Crippen LogP contribution in [0.15, 0.2) is 60.7 Å². The van der Waals surface area contributed by atoms with E-state index in [0.717, 1.165) is 19.6 Å². The molecule has 0 aliphatic rings. The van der Waals surface area contributed by atoms with Gasteiger partial charge in [-0.25, -0.2) is 0 Å². The Hall–Kier alpha value is -1.64. The maximum Gasteiger partial charge on any atom is 0.0205 e. The Morgan fingerprint density at radius 2 is 1.00 bits per heavy atom. The molecule has 0 fully saturated rings. The molecule has 2 aromatic carbocycles. The van der Waals surface area contributed by atoms with E-state index in [0.29, 0.717) is 0 Å². The molecular weight excluding hydrogens is 304 g/mol. The Kier molecular flexibility index (Phi) is 10.7. The van der Waals surface area contributed by atoms with Gasteiger partial charge in [0.2, 0.25) is 0 Å². The van der Waals surface area contributed by atoms with Crippen molar-refractivity contribution in [3.05, 3.63) is 71.8 Å². The van der Waals surface area contributed by atoms with Crippen molar-refractivity contribution in [3.8, 4) is 0 Å². The zero-order valence-electron chi connectivity index (χ0n) is 15.6. The molecule has 2 nitrogen and oxygen atoms in total. The van der Waals surface area contributed by atoms with Crippen molar-refractivity contribution in [1.82, 2.24) is 10.6 Å². The third-order valence-corrected chi connectivity index (χ3v) is 4.54. The summed E-state index contributed by atoms with van der Waals surface area (Å²) in [5, 5.41) is 7.10. The van der Waals surface area contributed by atoms with Gasteiger partial charge in [-0.1, -0.05) is 73.5 Å². The number of unbranched alkanes of at least 4 members (excludes halogenated alkanes) is 4. The fraction of sp³-hybridized carbons (Fsp3) is 0.478. The van der Waals surface area contributed by atoms with Crippen molar-refractivity contribution < 1.29 is 0 Å². The van der Waals surface area contributed by atoms with Gasteiger partial charge >= 0.3 is 0 Å². The molecule has 0 radical (unpaired) electrons. The van der Waals surface area contributed by atoms with Crippen molar-refractivity contribution in [1.29, 1.82) is 0 Å². The average molecular weight is 339 g/mol. The summed E-state index contributed by atoms with van der Waals surface area (Å²) in [4.78, 5) is 0. The van der Waals surface area contributed by atoms with Crippen LogP contribution in [-0.4, -0.2) is 19.6 Å². The Morgan fingerprint density at radius 1 is 0.480 bits per heavy atom. The van der Waals surface area contributed by atoms with Gasteiger partial charge in [-0.15, -0.1) is 0 Å². The van der Waals surface area contributed by atoms with Gasteiger partial charge in [-0.2, -0.15) is 0 Å². The smallest absolute Gasteiger partial charge is 0.0205 e. The second kappa shape index (κ2) is 13.6. The molecule has 0 bridgehead atoms. The third-order valence-electron chi connectivity index (χ3n) is 4.54. The van der Waals surface area contributed by atoms with Crippen molar-refractivity contribution in [2.75, 3.05) is 19.6 Å². The lowest BCUT2D eigenvalue weighted by Gasteiger charge is -2.06. The monoisotopic (exact) mass is 338 g/mol. The lowest BCUT2D eigenvalue weighted by atomic mass is 10.1. The fourth-order valence-electron chi connectivity index (χ4n) is 3.03. The maximum absolute atomic E-state index is 3.58. The minimum absolute atomic E-state index is 0.991. The van der Waals surface area contributed by atoms with Crippen LogP contribution in [0.5, 0.6) is 0 Å². The predicted octanol–water partition coefficient (Wildman–Crippen LogP) is 4.95. The van der Waals surface area contributed by atoms with Crippen LogP contribution >= 0.6 is 0 Å². The second-order valence-electron chi connectivity index (χ2n) is 6.77. The lowest BCUT2D eigenvalue weighted by molar-refractivity contribution is 0.553. The van der Waals surface area contributed by atoms with E-state index < -0.39 is 0 Å². The maximum atomic E-state index is 3.58. The highest BCUT2D eigenvalue weighted by Gasteiger charge is 1.94. The van der Waals surface area contributed by atoms with Gasteiger partial charge in [0.05, 0.1) is 0 Å². The van der Waals surface area contributed by atoms with E-state index in [2.05, 4.69) is 71.3 Å². The van der Waals surface area contributed by atoms with Gasteiger partial charge in [0.15, 0.2) is 0 Å². The van der Waals surface area contributed by atoms with E-state index in [1.807, 2.05) is 0 Å². The van der Waals surface area contributed by atoms with E-state index in [4.69, 9.17) is 0 Å². The van der Waals surface area contributed by atoms with E-state index >= 15 is 0 Å². The average Bonchev–Trinajstić information content (AvgIpc) is 2.67. The van der Waals surface area contributed by atoms with Crippen molar-refractivity contribution >= 4 is 0 Å². The molecule has 25 heavy (non-hydrogen) atoms. The molecule has 136 valence electrons. The Labute approximate surface area is 154 Å². The van der Waals surface area contributed by atoms with E-state index in [1.165, 1.54) is 62.6 Å². The molecule has 0 saturated heterocycles. The zero-order valence-corrected chi connectivity index (χ0v) is 15.6. The van der Waals surface area contributed by atoms with Crippen LogP contribution in [0, 0.1) is 0 Å². The number of rotatable bonds is 14. The van der Waals surface area contributed by atoms with Gasteiger partial charge in [0.1, 0.15) is 0 Å². The largest absolute Gasteiger partial charge is 0.317 e. The molecule has 2 N–H and O–H groups in total. The van der Waals surface area contributed by atoms with E-state index in [-0.39, 0.29) is 0 Å². The van der Waals surface area contributed by atoms with Crippen LogP contribution in [0.4, 0.5) is 0 Å². The number of benzene rings is 2. The summed E-state index contributed by atoms with van der Waals surface area (Å²) >= 11 is 0. The van der Waals surface area contributed by atoms with Crippen molar-refractivity contribution in [3.63, 3.8) is 0 Å². The highest BCUT2D eigenvalue weighted by Crippen LogP contribution is 2.04. The molecule has 0 aromatic heterocycles. The fourth-order valence-corrected chi connectivity index (χ4v) is 3.03. The summed E-state index contributed by atoms with van der Waals surface area (Å²) in [5.41, 5.74) is 2.84. The van der Waals surface area contributed by atoms with E-state index in [9.17, 15) is 0 Å². The highest BCUT2D eigenvalue weighted by molar-refractivity contribution is 5.15. The third kappa shape index (κ3) is 10.1. The molecule has 0 unspecified atom stereocenters. The predicted molar refractivity (Wildman–Crippen MR) is 109 cm³/mol.